The number of thiocarbonyl (C=S) groups is 1. The zero-order valence-corrected chi connectivity index (χ0v) is 22.0. The number of nitrogens with zero attached hydrogens (tertiary/aromatic N) is 1. The highest BCUT2D eigenvalue weighted by Gasteiger charge is 2.75. The number of rotatable bonds is 6. The minimum Gasteiger partial charge on any atom is -0.376 e. The molecule has 1 aliphatic heterocycles. The maximum atomic E-state index is 6.46. The van der Waals surface area contributed by atoms with Crippen LogP contribution in [0.2, 0.25) is 0 Å². The van der Waals surface area contributed by atoms with E-state index in [1.54, 1.807) is 0 Å². The van der Waals surface area contributed by atoms with Crippen molar-refractivity contribution in [3.63, 3.8) is 0 Å². The van der Waals surface area contributed by atoms with Crippen LogP contribution < -0.4 is 11.1 Å². The Morgan fingerprint density at radius 3 is 2.22 bits per heavy atom. The van der Waals surface area contributed by atoms with Crippen molar-refractivity contribution < 1.29 is 4.84 Å². The molecule has 3 atom stereocenters. The smallest absolute Gasteiger partial charge is 0.0936 e. The summed E-state index contributed by atoms with van der Waals surface area (Å²) in [6.45, 7) is 1.75. The molecule has 5 aliphatic carbocycles. The fraction of sp³-hybridized carbons (Fsp3) is 0.581. The molecule has 2 aromatic rings. The number of nitrogens with one attached hydrogen (secondary N) is 1. The number of hydroxylamine groups is 2. The Balaban J connectivity index is 1.15. The first-order valence-corrected chi connectivity index (χ1v) is 14.5. The number of nitrogens with two attached hydrogens (primary N) is 1. The van der Waals surface area contributed by atoms with Gasteiger partial charge in [-0.25, -0.2) is 0 Å². The van der Waals surface area contributed by atoms with Crippen molar-refractivity contribution in [1.29, 1.82) is 0 Å². The summed E-state index contributed by atoms with van der Waals surface area (Å²) < 4.78 is 0. The summed E-state index contributed by atoms with van der Waals surface area (Å²) in [6, 6.07) is 22.8. The highest BCUT2D eigenvalue weighted by atomic mass is 32.1. The lowest BCUT2D eigenvalue weighted by Gasteiger charge is -2.65. The van der Waals surface area contributed by atoms with Crippen LogP contribution in [0.15, 0.2) is 60.7 Å². The molecule has 0 amide bonds. The Morgan fingerprint density at radius 1 is 0.917 bits per heavy atom. The van der Waals surface area contributed by atoms with Crippen molar-refractivity contribution in [2.45, 2.75) is 87.4 Å². The lowest BCUT2D eigenvalue weighted by atomic mass is 9.39. The van der Waals surface area contributed by atoms with E-state index in [0.29, 0.717) is 30.5 Å². The van der Waals surface area contributed by atoms with E-state index in [4.69, 9.17) is 22.8 Å². The van der Waals surface area contributed by atoms with Gasteiger partial charge in [-0.2, -0.15) is 5.06 Å². The molecule has 1 spiro atoms. The molecule has 3 N–H and O–H groups in total. The lowest BCUT2D eigenvalue weighted by molar-refractivity contribution is -0.167. The Kier molecular flexibility index (Phi) is 5.59. The van der Waals surface area contributed by atoms with Crippen LogP contribution in [0.3, 0.4) is 0 Å². The molecule has 3 unspecified atom stereocenters. The third kappa shape index (κ3) is 3.69. The molecule has 6 fully saturated rings. The van der Waals surface area contributed by atoms with Gasteiger partial charge in [-0.1, -0.05) is 72.9 Å². The molecular formula is C31H39N3OS. The summed E-state index contributed by atoms with van der Waals surface area (Å²) in [5, 5.41) is 6.26. The molecule has 4 bridgehead atoms. The second kappa shape index (κ2) is 8.62. The van der Waals surface area contributed by atoms with Gasteiger partial charge < -0.3 is 11.1 Å². The fourth-order valence-electron chi connectivity index (χ4n) is 8.92. The normalized spacial score (nSPS) is 42.4. The average molecular weight is 502 g/mol. The van der Waals surface area contributed by atoms with E-state index in [2.05, 4.69) is 71.0 Å². The molecule has 1 heterocycles. The van der Waals surface area contributed by atoms with E-state index >= 15 is 0 Å². The second-order valence-corrected chi connectivity index (χ2v) is 13.1. The van der Waals surface area contributed by atoms with Crippen LogP contribution in [0, 0.1) is 17.3 Å². The van der Waals surface area contributed by atoms with Crippen LogP contribution in [0.25, 0.3) is 0 Å². The summed E-state index contributed by atoms with van der Waals surface area (Å²) >= 11 is 6.31. The number of benzene rings is 2. The molecular weight excluding hydrogens is 462 g/mol. The molecule has 190 valence electrons. The molecule has 4 nitrogen and oxygen atoms in total. The van der Waals surface area contributed by atoms with E-state index in [0.717, 1.165) is 37.2 Å². The van der Waals surface area contributed by atoms with E-state index in [9.17, 15) is 0 Å². The van der Waals surface area contributed by atoms with Crippen molar-refractivity contribution in [1.82, 2.24) is 10.4 Å². The van der Waals surface area contributed by atoms with Gasteiger partial charge in [0.15, 0.2) is 0 Å². The second-order valence-electron chi connectivity index (χ2n) is 12.7. The van der Waals surface area contributed by atoms with Crippen LogP contribution in [0.5, 0.6) is 0 Å². The van der Waals surface area contributed by atoms with Crippen molar-refractivity contribution in [3.05, 3.63) is 71.8 Å². The van der Waals surface area contributed by atoms with Gasteiger partial charge in [-0.15, -0.1) is 0 Å². The Morgan fingerprint density at radius 2 is 1.56 bits per heavy atom. The van der Waals surface area contributed by atoms with E-state index in [1.807, 2.05) is 0 Å². The Hall–Kier alpha value is -1.79. The van der Waals surface area contributed by atoms with Gasteiger partial charge in [0.2, 0.25) is 0 Å². The Labute approximate surface area is 220 Å². The highest BCUT2D eigenvalue weighted by Crippen LogP contribution is 2.73. The van der Waals surface area contributed by atoms with Gasteiger partial charge in [0.25, 0.3) is 0 Å². The first kappa shape index (κ1) is 23.3. The van der Waals surface area contributed by atoms with Gasteiger partial charge in [0, 0.05) is 24.0 Å². The largest absolute Gasteiger partial charge is 0.376 e. The third-order valence-electron chi connectivity index (χ3n) is 10.6. The predicted octanol–water partition coefficient (Wildman–Crippen LogP) is 5.51. The van der Waals surface area contributed by atoms with Crippen LogP contribution in [-0.2, 0) is 16.9 Å². The van der Waals surface area contributed by atoms with Crippen LogP contribution in [0.4, 0.5) is 0 Å². The van der Waals surface area contributed by atoms with Gasteiger partial charge >= 0.3 is 0 Å². The maximum Gasteiger partial charge on any atom is 0.0936 e. The first-order valence-electron chi connectivity index (χ1n) is 14.1. The molecule has 5 saturated carbocycles. The van der Waals surface area contributed by atoms with Crippen LogP contribution in [-0.4, -0.2) is 34.2 Å². The zero-order valence-electron chi connectivity index (χ0n) is 21.2. The summed E-state index contributed by atoms with van der Waals surface area (Å²) in [5.74, 6) is 1.27. The first-order chi connectivity index (χ1) is 17.5. The van der Waals surface area contributed by atoms with Gasteiger partial charge in [0.1, 0.15) is 0 Å². The summed E-state index contributed by atoms with van der Waals surface area (Å²) in [4.78, 5) is 7.61. The maximum absolute atomic E-state index is 6.46. The minimum atomic E-state index is 0.121. The fourth-order valence-corrected chi connectivity index (χ4v) is 9.33. The topological polar surface area (TPSA) is 50.3 Å². The van der Waals surface area contributed by atoms with Gasteiger partial charge in [-0.3, -0.25) is 4.84 Å². The lowest BCUT2D eigenvalue weighted by Crippen LogP contribution is -2.65. The molecule has 0 aromatic heterocycles. The molecule has 8 rings (SSSR count). The molecule has 0 radical (unpaired) electrons. The SMILES string of the molecule is N[C@H]1CC[C@H](NC(=S)C23CC4CC(c5ccccc5)(CC(C2)C42CN2OCc2ccccc2)C3)CC1. The number of hydrogen-bond acceptors (Lipinski definition) is 4. The van der Waals surface area contributed by atoms with Crippen LogP contribution in [0.1, 0.15) is 68.9 Å². The van der Waals surface area contributed by atoms with Crippen LogP contribution >= 0.6 is 12.2 Å². The summed E-state index contributed by atoms with van der Waals surface area (Å²) in [7, 11) is 0. The van der Waals surface area contributed by atoms with E-state index in [-0.39, 0.29) is 16.4 Å². The molecule has 6 aliphatic rings. The van der Waals surface area contributed by atoms with Crippen molar-refractivity contribution >= 4 is 17.2 Å². The Bertz CT molecular complexity index is 1100. The number of hydrogen-bond donors (Lipinski definition) is 2. The standard InChI is InChI=1S/C31H39N3OS/c32-26-11-13-27(14-12-26)33-28(36)30-17-24-15-29(20-30,23-9-5-2-6-10-23)16-25(18-30)31(24)21-34(31)35-19-22-7-3-1-4-8-22/h1-10,24-27H,11-21,32H2,(H,33,36)/t24?,25?,26-,27-,29?,30?,31?,34?. The third-order valence-corrected chi connectivity index (χ3v) is 11.2. The molecule has 1 saturated heterocycles. The predicted molar refractivity (Wildman–Crippen MR) is 147 cm³/mol. The van der Waals surface area contributed by atoms with Crippen molar-refractivity contribution in [2.75, 3.05) is 6.54 Å². The molecule has 5 heteroatoms. The van der Waals surface area contributed by atoms with Gasteiger partial charge in [-0.05, 0) is 86.2 Å². The monoisotopic (exact) mass is 501 g/mol. The molecule has 2 aromatic carbocycles. The highest BCUT2D eigenvalue weighted by molar-refractivity contribution is 7.80. The minimum absolute atomic E-state index is 0.121. The summed E-state index contributed by atoms with van der Waals surface area (Å²) in [6.07, 6.45) is 10.7. The van der Waals surface area contributed by atoms with Gasteiger partial charge in [0.05, 0.1) is 17.1 Å². The molecule has 36 heavy (non-hydrogen) atoms. The summed E-state index contributed by atoms with van der Waals surface area (Å²) in [5.41, 5.74) is 9.54. The quantitative estimate of drug-likeness (QED) is 0.404. The van der Waals surface area contributed by atoms with E-state index in [1.165, 1.54) is 43.2 Å². The van der Waals surface area contributed by atoms with Crippen molar-refractivity contribution in [3.8, 4) is 0 Å². The zero-order chi connectivity index (χ0) is 24.4. The van der Waals surface area contributed by atoms with Crippen molar-refractivity contribution in [2.24, 2.45) is 23.0 Å². The van der Waals surface area contributed by atoms with E-state index < -0.39 is 0 Å². The average Bonchev–Trinajstić information content (AvgIpc) is 3.63.